The van der Waals surface area contributed by atoms with E-state index in [-0.39, 0.29) is 17.9 Å². The van der Waals surface area contributed by atoms with Crippen LogP contribution in [0.1, 0.15) is 32.6 Å². The predicted molar refractivity (Wildman–Crippen MR) is 55.8 cm³/mol. The first-order valence-electron chi connectivity index (χ1n) is 5.50. The van der Waals surface area contributed by atoms with Gasteiger partial charge in [-0.2, -0.15) is 5.26 Å². The molecular formula is C11H18N2O2. The molecule has 4 nitrogen and oxygen atoms in total. The van der Waals surface area contributed by atoms with E-state index in [9.17, 15) is 9.90 Å². The third-order valence-corrected chi connectivity index (χ3v) is 2.99. The van der Waals surface area contributed by atoms with Crippen LogP contribution in [0.2, 0.25) is 0 Å². The standard InChI is InChI=1S/C11H18N2O2/c1-8(6-12)11(15)13-7-9-4-2-3-5-10(9)14/h8-10,14H,2-5,7H2,1H3,(H,13,15). The number of hydrogen-bond acceptors (Lipinski definition) is 3. The van der Waals surface area contributed by atoms with Crippen LogP contribution in [0.3, 0.4) is 0 Å². The van der Waals surface area contributed by atoms with Crippen molar-refractivity contribution in [3.63, 3.8) is 0 Å². The normalized spacial score (nSPS) is 27.8. The van der Waals surface area contributed by atoms with Gasteiger partial charge in [-0.25, -0.2) is 0 Å². The van der Waals surface area contributed by atoms with Gasteiger partial charge in [0.1, 0.15) is 5.92 Å². The molecule has 0 spiro atoms. The van der Waals surface area contributed by atoms with E-state index in [1.807, 2.05) is 6.07 Å². The second kappa shape index (κ2) is 5.72. The van der Waals surface area contributed by atoms with Crippen LogP contribution in [-0.2, 0) is 4.79 Å². The van der Waals surface area contributed by atoms with Gasteiger partial charge in [0.15, 0.2) is 0 Å². The number of hydrogen-bond donors (Lipinski definition) is 2. The van der Waals surface area contributed by atoms with Crippen LogP contribution in [0.15, 0.2) is 0 Å². The molecule has 1 fully saturated rings. The number of carbonyl (C=O) groups excluding carboxylic acids is 1. The summed E-state index contributed by atoms with van der Waals surface area (Å²) in [5.74, 6) is -0.686. The fourth-order valence-corrected chi connectivity index (χ4v) is 1.87. The number of nitriles is 1. The van der Waals surface area contributed by atoms with Gasteiger partial charge in [0.2, 0.25) is 5.91 Å². The molecule has 0 heterocycles. The summed E-state index contributed by atoms with van der Waals surface area (Å²) in [6.45, 7) is 2.07. The molecule has 0 saturated heterocycles. The van der Waals surface area contributed by atoms with Crippen molar-refractivity contribution < 1.29 is 9.90 Å². The Hall–Kier alpha value is -1.08. The third-order valence-electron chi connectivity index (χ3n) is 2.99. The average Bonchev–Trinajstić information content (AvgIpc) is 2.26. The SMILES string of the molecule is CC(C#N)C(=O)NCC1CCCCC1O. The third kappa shape index (κ3) is 3.52. The summed E-state index contributed by atoms with van der Waals surface area (Å²) >= 11 is 0. The lowest BCUT2D eigenvalue weighted by Crippen LogP contribution is -2.38. The molecule has 84 valence electrons. The van der Waals surface area contributed by atoms with E-state index in [4.69, 9.17) is 5.26 Å². The van der Waals surface area contributed by atoms with Gasteiger partial charge >= 0.3 is 0 Å². The van der Waals surface area contributed by atoms with Crippen molar-refractivity contribution in [1.82, 2.24) is 5.32 Å². The molecule has 3 unspecified atom stereocenters. The summed E-state index contributed by atoms with van der Waals surface area (Å²) in [4.78, 5) is 11.3. The summed E-state index contributed by atoms with van der Waals surface area (Å²) in [5.41, 5.74) is 0. The average molecular weight is 210 g/mol. The molecule has 4 heteroatoms. The first kappa shape index (κ1) is 12.0. The van der Waals surface area contributed by atoms with Crippen LogP contribution < -0.4 is 5.32 Å². The predicted octanol–water partition coefficient (Wildman–Crippen LogP) is 0.813. The minimum atomic E-state index is -0.606. The van der Waals surface area contributed by atoms with Gasteiger partial charge in [0.25, 0.3) is 0 Å². The Bertz CT molecular complexity index is 260. The zero-order valence-corrected chi connectivity index (χ0v) is 9.07. The molecule has 1 amide bonds. The Balaban J connectivity index is 2.30. The number of carbonyl (C=O) groups is 1. The van der Waals surface area contributed by atoms with E-state index in [1.54, 1.807) is 6.92 Å². The maximum Gasteiger partial charge on any atom is 0.237 e. The van der Waals surface area contributed by atoms with Crippen molar-refractivity contribution in [2.45, 2.75) is 38.7 Å². The van der Waals surface area contributed by atoms with Gasteiger partial charge in [0.05, 0.1) is 12.2 Å². The van der Waals surface area contributed by atoms with E-state index in [0.717, 1.165) is 25.7 Å². The van der Waals surface area contributed by atoms with Crippen LogP contribution in [0.5, 0.6) is 0 Å². The summed E-state index contributed by atoms with van der Waals surface area (Å²) < 4.78 is 0. The highest BCUT2D eigenvalue weighted by atomic mass is 16.3. The minimum absolute atomic E-state index is 0.161. The van der Waals surface area contributed by atoms with Crippen LogP contribution in [0.4, 0.5) is 0 Å². The monoisotopic (exact) mass is 210 g/mol. The van der Waals surface area contributed by atoms with Gasteiger partial charge < -0.3 is 10.4 Å². The lowest BCUT2D eigenvalue weighted by molar-refractivity contribution is -0.123. The highest BCUT2D eigenvalue weighted by molar-refractivity contribution is 5.80. The van der Waals surface area contributed by atoms with Crippen molar-refractivity contribution in [1.29, 1.82) is 5.26 Å². The smallest absolute Gasteiger partial charge is 0.237 e. The topological polar surface area (TPSA) is 73.1 Å². The van der Waals surface area contributed by atoms with Gasteiger partial charge in [-0.05, 0) is 19.8 Å². The highest BCUT2D eigenvalue weighted by Gasteiger charge is 2.23. The molecule has 0 radical (unpaired) electrons. The van der Waals surface area contributed by atoms with Gasteiger partial charge in [-0.3, -0.25) is 4.79 Å². The molecule has 0 aromatic rings. The van der Waals surface area contributed by atoms with Crippen LogP contribution >= 0.6 is 0 Å². The number of nitrogens with zero attached hydrogens (tertiary/aromatic N) is 1. The Morgan fingerprint density at radius 2 is 2.27 bits per heavy atom. The quantitative estimate of drug-likeness (QED) is 0.724. The summed E-state index contributed by atoms with van der Waals surface area (Å²) in [5, 5.41) is 20.9. The second-order valence-electron chi connectivity index (χ2n) is 4.21. The molecule has 1 rings (SSSR count). The number of rotatable bonds is 3. The molecule has 15 heavy (non-hydrogen) atoms. The van der Waals surface area contributed by atoms with Crippen molar-refractivity contribution in [2.24, 2.45) is 11.8 Å². The molecule has 1 aliphatic carbocycles. The van der Waals surface area contributed by atoms with Gasteiger partial charge in [-0.15, -0.1) is 0 Å². The maximum atomic E-state index is 11.3. The lowest BCUT2D eigenvalue weighted by Gasteiger charge is -2.27. The Morgan fingerprint density at radius 1 is 1.60 bits per heavy atom. The lowest BCUT2D eigenvalue weighted by atomic mass is 9.86. The summed E-state index contributed by atoms with van der Waals surface area (Å²) in [6.07, 6.45) is 3.68. The molecule has 0 aliphatic heterocycles. The molecule has 0 bridgehead atoms. The van der Waals surface area contributed by atoms with Crippen molar-refractivity contribution >= 4 is 5.91 Å². The fraction of sp³-hybridized carbons (Fsp3) is 0.818. The van der Waals surface area contributed by atoms with Gasteiger partial charge in [0, 0.05) is 12.5 Å². The first-order valence-corrected chi connectivity index (χ1v) is 5.50. The van der Waals surface area contributed by atoms with Crippen LogP contribution in [0.25, 0.3) is 0 Å². The molecule has 1 aliphatic rings. The molecule has 2 N–H and O–H groups in total. The van der Waals surface area contributed by atoms with E-state index in [2.05, 4.69) is 5.32 Å². The Morgan fingerprint density at radius 3 is 2.87 bits per heavy atom. The maximum absolute atomic E-state index is 11.3. The van der Waals surface area contributed by atoms with Gasteiger partial charge in [-0.1, -0.05) is 12.8 Å². The molecule has 1 saturated carbocycles. The highest BCUT2D eigenvalue weighted by Crippen LogP contribution is 2.23. The molecular weight excluding hydrogens is 192 g/mol. The van der Waals surface area contributed by atoms with Crippen molar-refractivity contribution in [2.75, 3.05) is 6.54 Å². The number of amides is 1. The Kier molecular flexibility index (Phi) is 4.57. The van der Waals surface area contributed by atoms with E-state index in [0.29, 0.717) is 6.54 Å². The zero-order valence-electron chi connectivity index (χ0n) is 9.07. The van der Waals surface area contributed by atoms with Crippen molar-refractivity contribution in [3.8, 4) is 6.07 Å². The summed E-state index contributed by atoms with van der Waals surface area (Å²) in [6, 6.07) is 1.89. The molecule has 0 aromatic heterocycles. The molecule has 0 aromatic carbocycles. The first-order chi connectivity index (χ1) is 7.15. The van der Waals surface area contributed by atoms with E-state index >= 15 is 0 Å². The van der Waals surface area contributed by atoms with E-state index < -0.39 is 5.92 Å². The molecule has 3 atom stereocenters. The van der Waals surface area contributed by atoms with Crippen LogP contribution in [0, 0.1) is 23.2 Å². The van der Waals surface area contributed by atoms with Crippen molar-refractivity contribution in [3.05, 3.63) is 0 Å². The fourth-order valence-electron chi connectivity index (χ4n) is 1.87. The largest absolute Gasteiger partial charge is 0.393 e. The number of aliphatic hydroxyl groups excluding tert-OH is 1. The van der Waals surface area contributed by atoms with Crippen LogP contribution in [-0.4, -0.2) is 23.7 Å². The minimum Gasteiger partial charge on any atom is -0.393 e. The second-order valence-corrected chi connectivity index (χ2v) is 4.21. The zero-order chi connectivity index (χ0) is 11.3. The number of aliphatic hydroxyl groups is 1. The number of nitrogens with one attached hydrogen (secondary N) is 1. The Labute approximate surface area is 90.3 Å². The summed E-state index contributed by atoms with van der Waals surface area (Å²) in [7, 11) is 0. The van der Waals surface area contributed by atoms with E-state index in [1.165, 1.54) is 0 Å².